The first-order valence-electron chi connectivity index (χ1n) is 10.6. The molecule has 2 N–H and O–H groups in total. The van der Waals surface area contributed by atoms with Gasteiger partial charge in [0.1, 0.15) is 17.9 Å². The molecule has 31 heavy (non-hydrogen) atoms. The van der Waals surface area contributed by atoms with Crippen LogP contribution in [0.3, 0.4) is 0 Å². The number of carbonyl (C=O) groups excluding carboxylic acids is 2. The van der Waals surface area contributed by atoms with Gasteiger partial charge in [-0.25, -0.2) is 0 Å². The van der Waals surface area contributed by atoms with Gasteiger partial charge >= 0.3 is 0 Å². The molecule has 2 amide bonds. The molecule has 1 saturated heterocycles. The first-order chi connectivity index (χ1) is 15.0. The molecule has 3 aromatic rings. The van der Waals surface area contributed by atoms with Crippen LogP contribution in [0.1, 0.15) is 25.3 Å². The number of carbonyl (C=O) groups is 2. The number of halogens is 1. The lowest BCUT2D eigenvalue weighted by molar-refractivity contribution is -0.137. The van der Waals surface area contributed by atoms with E-state index >= 15 is 0 Å². The molecule has 0 saturated carbocycles. The number of rotatable bonds is 4. The molecule has 2 atom stereocenters. The van der Waals surface area contributed by atoms with Crippen molar-refractivity contribution < 1.29 is 14.3 Å². The Kier molecular flexibility index (Phi) is 5.10. The number of likely N-dealkylation sites (tertiary alicyclic amines) is 1. The second-order valence-electron chi connectivity index (χ2n) is 8.28. The summed E-state index contributed by atoms with van der Waals surface area (Å²) in [7, 11) is 0. The summed E-state index contributed by atoms with van der Waals surface area (Å²) >= 11 is 6.41. The van der Waals surface area contributed by atoms with Crippen molar-refractivity contribution in [1.82, 2.24) is 15.2 Å². The van der Waals surface area contributed by atoms with Crippen molar-refractivity contribution in [3.8, 4) is 16.9 Å². The fraction of sp³-hybridized carbons (Fsp3) is 0.333. The van der Waals surface area contributed by atoms with E-state index in [1.807, 2.05) is 30.5 Å². The van der Waals surface area contributed by atoms with Gasteiger partial charge in [-0.3, -0.25) is 9.59 Å². The van der Waals surface area contributed by atoms with Gasteiger partial charge in [0.15, 0.2) is 0 Å². The predicted molar refractivity (Wildman–Crippen MR) is 120 cm³/mol. The monoisotopic (exact) mass is 437 g/mol. The Morgan fingerprint density at radius 2 is 2.13 bits per heavy atom. The van der Waals surface area contributed by atoms with E-state index in [9.17, 15) is 9.59 Å². The number of aromatic amines is 1. The lowest BCUT2D eigenvalue weighted by atomic mass is 9.99. The van der Waals surface area contributed by atoms with Crippen LogP contribution in [0.5, 0.6) is 5.75 Å². The number of hydrogen-bond acceptors (Lipinski definition) is 3. The molecule has 2 aliphatic rings. The van der Waals surface area contributed by atoms with E-state index in [0.717, 1.165) is 39.8 Å². The maximum Gasteiger partial charge on any atom is 0.242 e. The van der Waals surface area contributed by atoms with Gasteiger partial charge in [0, 0.05) is 47.8 Å². The highest BCUT2D eigenvalue weighted by atomic mass is 35.5. The van der Waals surface area contributed by atoms with Gasteiger partial charge in [0.2, 0.25) is 11.8 Å². The van der Waals surface area contributed by atoms with Crippen molar-refractivity contribution in [2.75, 3.05) is 13.1 Å². The molecule has 0 spiro atoms. The van der Waals surface area contributed by atoms with Crippen molar-refractivity contribution in [2.45, 2.75) is 38.3 Å². The fourth-order valence-electron chi connectivity index (χ4n) is 4.69. The first kappa shape index (κ1) is 19.9. The molecule has 1 fully saturated rings. The third kappa shape index (κ3) is 3.76. The molecule has 2 aliphatic heterocycles. The Hall–Kier alpha value is -2.99. The van der Waals surface area contributed by atoms with Crippen LogP contribution in [0.2, 0.25) is 5.02 Å². The molecule has 0 bridgehead atoms. The van der Waals surface area contributed by atoms with E-state index in [4.69, 9.17) is 16.3 Å². The fourth-order valence-corrected chi connectivity index (χ4v) is 4.93. The van der Waals surface area contributed by atoms with Gasteiger partial charge < -0.3 is 19.9 Å². The highest BCUT2D eigenvalue weighted by Crippen LogP contribution is 2.41. The molecule has 160 valence electrons. The van der Waals surface area contributed by atoms with Crippen LogP contribution < -0.4 is 10.1 Å². The Morgan fingerprint density at radius 3 is 2.97 bits per heavy atom. The molecule has 3 heterocycles. The maximum atomic E-state index is 12.6. The van der Waals surface area contributed by atoms with Crippen LogP contribution in [-0.2, 0) is 16.0 Å². The number of H-pyrrole nitrogens is 1. The highest BCUT2D eigenvalue weighted by Gasteiger charge is 2.33. The summed E-state index contributed by atoms with van der Waals surface area (Å²) in [5.74, 6) is 0.661. The predicted octanol–water partition coefficient (Wildman–Crippen LogP) is 3.92. The third-order valence-electron chi connectivity index (χ3n) is 6.19. The number of fused-ring (bicyclic) bond motifs is 2. The summed E-state index contributed by atoms with van der Waals surface area (Å²) < 4.78 is 6.27. The molecule has 7 heteroatoms. The summed E-state index contributed by atoms with van der Waals surface area (Å²) in [5.41, 5.74) is 4.12. The first-order valence-corrected chi connectivity index (χ1v) is 11.0. The molecular formula is C24H24ClN3O3. The minimum absolute atomic E-state index is 0.0548. The van der Waals surface area contributed by atoms with Crippen molar-refractivity contribution in [1.29, 1.82) is 0 Å². The van der Waals surface area contributed by atoms with Crippen LogP contribution in [0.15, 0.2) is 42.6 Å². The molecule has 5 rings (SSSR count). The van der Waals surface area contributed by atoms with Gasteiger partial charge in [-0.2, -0.15) is 0 Å². The van der Waals surface area contributed by atoms with E-state index in [2.05, 4.69) is 22.4 Å². The molecule has 6 nitrogen and oxygen atoms in total. The Bertz CT molecular complexity index is 1170. The van der Waals surface area contributed by atoms with Crippen molar-refractivity contribution in [3.05, 3.63) is 53.2 Å². The van der Waals surface area contributed by atoms with Crippen molar-refractivity contribution in [3.63, 3.8) is 0 Å². The van der Waals surface area contributed by atoms with Crippen molar-refractivity contribution >= 4 is 34.3 Å². The summed E-state index contributed by atoms with van der Waals surface area (Å²) in [6, 6.07) is 11.7. The van der Waals surface area contributed by atoms with Crippen LogP contribution in [0.4, 0.5) is 0 Å². The average Bonchev–Trinajstić information content (AvgIpc) is 3.49. The second-order valence-corrected chi connectivity index (χ2v) is 8.72. The SMILES string of the molecule is CC(=O)N1CCC[C@H]1C(=O)NCC1Cc2cc(Cl)cc(-c3ccc4[nH]ccc4c3)c2O1. The molecule has 0 aliphatic carbocycles. The number of nitrogens with zero attached hydrogens (tertiary/aromatic N) is 1. The lowest BCUT2D eigenvalue weighted by Crippen LogP contribution is -2.47. The second kappa shape index (κ2) is 7.93. The molecular weight excluding hydrogens is 414 g/mol. The number of nitrogens with one attached hydrogen (secondary N) is 2. The zero-order chi connectivity index (χ0) is 21.5. The van der Waals surface area contributed by atoms with E-state index in [-0.39, 0.29) is 24.0 Å². The third-order valence-corrected chi connectivity index (χ3v) is 6.41. The number of amides is 2. The van der Waals surface area contributed by atoms with E-state index in [0.29, 0.717) is 31.0 Å². The van der Waals surface area contributed by atoms with Gasteiger partial charge in [-0.05, 0) is 54.1 Å². The molecule has 0 radical (unpaired) electrons. The number of hydrogen-bond donors (Lipinski definition) is 2. The topological polar surface area (TPSA) is 74.4 Å². The zero-order valence-corrected chi connectivity index (χ0v) is 18.0. The van der Waals surface area contributed by atoms with Gasteiger partial charge in [-0.1, -0.05) is 17.7 Å². The normalized spacial score (nSPS) is 20.0. The minimum Gasteiger partial charge on any atom is -0.487 e. The van der Waals surface area contributed by atoms with Crippen LogP contribution >= 0.6 is 11.6 Å². The van der Waals surface area contributed by atoms with Gasteiger partial charge in [-0.15, -0.1) is 0 Å². The quantitative estimate of drug-likeness (QED) is 0.649. The van der Waals surface area contributed by atoms with Crippen LogP contribution in [0, 0.1) is 0 Å². The van der Waals surface area contributed by atoms with E-state index < -0.39 is 0 Å². The van der Waals surface area contributed by atoms with Gasteiger partial charge in [0.05, 0.1) is 6.54 Å². The summed E-state index contributed by atoms with van der Waals surface area (Å²) in [6.45, 7) is 2.55. The molecule has 1 unspecified atom stereocenters. The smallest absolute Gasteiger partial charge is 0.242 e. The summed E-state index contributed by atoms with van der Waals surface area (Å²) in [6.07, 6.45) is 3.99. The largest absolute Gasteiger partial charge is 0.487 e. The highest BCUT2D eigenvalue weighted by molar-refractivity contribution is 6.31. The minimum atomic E-state index is -0.376. The molecule has 2 aromatic carbocycles. The van der Waals surface area contributed by atoms with E-state index in [1.54, 1.807) is 4.90 Å². The Morgan fingerprint density at radius 1 is 1.26 bits per heavy atom. The van der Waals surface area contributed by atoms with Gasteiger partial charge in [0.25, 0.3) is 0 Å². The standard InChI is InChI=1S/C24H24ClN3O3/c1-14(29)28-8-2-3-22(28)24(30)27-13-19-11-17-10-18(25)12-20(23(17)31-19)15-4-5-21-16(9-15)6-7-26-21/h4-7,9-10,12,19,22,26H,2-3,8,11,13H2,1H3,(H,27,30)/t19?,22-/m0/s1. The Labute approximate surface area is 185 Å². The zero-order valence-electron chi connectivity index (χ0n) is 17.3. The van der Waals surface area contributed by atoms with Crippen LogP contribution in [-0.4, -0.2) is 46.9 Å². The van der Waals surface area contributed by atoms with E-state index in [1.165, 1.54) is 6.92 Å². The molecule has 1 aromatic heterocycles. The average molecular weight is 438 g/mol. The Balaban J connectivity index is 1.32. The lowest BCUT2D eigenvalue weighted by Gasteiger charge is -2.23. The van der Waals surface area contributed by atoms with Crippen LogP contribution in [0.25, 0.3) is 22.0 Å². The summed E-state index contributed by atoms with van der Waals surface area (Å²) in [5, 5.41) is 4.78. The summed E-state index contributed by atoms with van der Waals surface area (Å²) in [4.78, 5) is 29.2. The number of benzene rings is 2. The van der Waals surface area contributed by atoms with Crippen molar-refractivity contribution in [2.24, 2.45) is 0 Å². The number of ether oxygens (including phenoxy) is 1. The number of aromatic nitrogens is 1. The maximum absolute atomic E-state index is 12.6.